The van der Waals surface area contributed by atoms with Crippen LogP contribution in [0.15, 0.2) is 45.8 Å². The average molecular weight is 533 g/mol. The van der Waals surface area contributed by atoms with Gasteiger partial charge < -0.3 is 19.5 Å². The van der Waals surface area contributed by atoms with Crippen LogP contribution < -0.4 is 19.5 Å². The average Bonchev–Trinajstić information content (AvgIpc) is 3.02. The first kappa shape index (κ1) is 23.2. The van der Waals surface area contributed by atoms with Crippen LogP contribution in [-0.2, 0) is 9.59 Å². The number of hydrogen-bond acceptors (Lipinski definition) is 7. The number of carbonyl (C=O) groups excluding carboxylic acids is 3. The van der Waals surface area contributed by atoms with Gasteiger partial charge in [-0.3, -0.25) is 19.3 Å². The predicted octanol–water partition coefficient (Wildman–Crippen LogP) is 4.68. The number of imide groups is 1. The number of amides is 3. The molecule has 33 heavy (non-hydrogen) atoms. The van der Waals surface area contributed by atoms with Crippen LogP contribution in [0, 0.1) is 0 Å². The quantitative estimate of drug-likeness (QED) is 0.539. The van der Waals surface area contributed by atoms with E-state index in [-0.39, 0.29) is 17.6 Å². The molecule has 0 aromatic heterocycles. The fourth-order valence-electron chi connectivity index (χ4n) is 3.21. The highest BCUT2D eigenvalue weighted by molar-refractivity contribution is 9.10. The van der Waals surface area contributed by atoms with Crippen molar-refractivity contribution in [2.45, 2.75) is 20.0 Å². The molecule has 1 saturated heterocycles. The number of carbonyl (C=O) groups is 3. The summed E-state index contributed by atoms with van der Waals surface area (Å²) in [7, 11) is 0. The Morgan fingerprint density at radius 2 is 1.94 bits per heavy atom. The second-order valence-corrected chi connectivity index (χ2v) is 9.38. The molecule has 2 aromatic rings. The minimum absolute atomic E-state index is 0.0250. The van der Waals surface area contributed by atoms with Gasteiger partial charge in [-0.05, 0) is 77.4 Å². The topological polar surface area (TPSA) is 94.2 Å². The largest absolute Gasteiger partial charge is 0.490 e. The highest BCUT2D eigenvalue weighted by Crippen LogP contribution is 2.35. The monoisotopic (exact) mass is 532 g/mol. The van der Waals surface area contributed by atoms with Crippen LogP contribution in [-0.4, -0.2) is 47.8 Å². The molecule has 172 valence electrons. The molecule has 2 heterocycles. The number of anilines is 1. The van der Waals surface area contributed by atoms with Crippen molar-refractivity contribution in [3.05, 3.63) is 51.3 Å². The van der Waals surface area contributed by atoms with E-state index >= 15 is 0 Å². The molecule has 0 spiro atoms. The number of rotatable bonds is 6. The van der Waals surface area contributed by atoms with Gasteiger partial charge in [0.15, 0.2) is 11.5 Å². The second-order valence-electron chi connectivity index (χ2n) is 7.53. The van der Waals surface area contributed by atoms with Gasteiger partial charge in [0, 0.05) is 11.8 Å². The Bertz CT molecular complexity index is 1150. The third-order valence-electron chi connectivity index (χ3n) is 4.62. The van der Waals surface area contributed by atoms with E-state index in [0.717, 1.165) is 26.7 Å². The number of fused-ring (bicyclic) bond motifs is 1. The Labute approximate surface area is 203 Å². The first-order valence-corrected chi connectivity index (χ1v) is 11.8. The van der Waals surface area contributed by atoms with E-state index < -0.39 is 17.1 Å². The molecule has 0 saturated carbocycles. The summed E-state index contributed by atoms with van der Waals surface area (Å²) in [6, 6.07) is 10.4. The highest BCUT2D eigenvalue weighted by Gasteiger charge is 2.36. The number of hydrogen-bond donors (Lipinski definition) is 1. The Hall–Kier alpha value is -2.98. The maximum atomic E-state index is 12.8. The van der Waals surface area contributed by atoms with Crippen LogP contribution in [0.25, 0.3) is 6.08 Å². The molecule has 1 N–H and O–H groups in total. The van der Waals surface area contributed by atoms with E-state index in [1.165, 1.54) is 0 Å². The van der Waals surface area contributed by atoms with Gasteiger partial charge in [0.2, 0.25) is 5.91 Å². The maximum Gasteiger partial charge on any atom is 0.294 e. The summed E-state index contributed by atoms with van der Waals surface area (Å²) in [5.74, 6) is 0.815. The van der Waals surface area contributed by atoms with Crippen LogP contribution in [0.2, 0.25) is 0 Å². The van der Waals surface area contributed by atoms with Gasteiger partial charge in [0.1, 0.15) is 25.5 Å². The van der Waals surface area contributed by atoms with E-state index in [2.05, 4.69) is 21.2 Å². The molecule has 2 aromatic carbocycles. The Morgan fingerprint density at radius 1 is 1.18 bits per heavy atom. The summed E-state index contributed by atoms with van der Waals surface area (Å²) < 4.78 is 17.4. The van der Waals surface area contributed by atoms with Crippen LogP contribution >= 0.6 is 27.7 Å². The van der Waals surface area contributed by atoms with Crippen molar-refractivity contribution >= 4 is 56.5 Å². The minimum Gasteiger partial charge on any atom is -0.490 e. The molecule has 0 radical (unpaired) electrons. The highest BCUT2D eigenvalue weighted by atomic mass is 79.9. The molecule has 1 fully saturated rings. The van der Waals surface area contributed by atoms with E-state index in [4.69, 9.17) is 14.2 Å². The predicted molar refractivity (Wildman–Crippen MR) is 129 cm³/mol. The fraction of sp³-hybridized carbons (Fsp3) is 0.261. The lowest BCUT2D eigenvalue weighted by Crippen LogP contribution is -2.36. The third kappa shape index (κ3) is 5.51. The number of thioether (sulfide) groups is 1. The Morgan fingerprint density at radius 3 is 2.67 bits per heavy atom. The van der Waals surface area contributed by atoms with Crippen molar-refractivity contribution in [2.24, 2.45) is 0 Å². The fourth-order valence-corrected chi connectivity index (χ4v) is 4.54. The lowest BCUT2D eigenvalue weighted by molar-refractivity contribution is -0.127. The van der Waals surface area contributed by atoms with Crippen molar-refractivity contribution in [3.8, 4) is 17.2 Å². The third-order valence-corrected chi connectivity index (χ3v) is 6.14. The lowest BCUT2D eigenvalue weighted by atomic mass is 10.2. The van der Waals surface area contributed by atoms with Crippen LogP contribution in [0.1, 0.15) is 19.4 Å². The van der Waals surface area contributed by atoms with Crippen molar-refractivity contribution in [1.29, 1.82) is 0 Å². The van der Waals surface area contributed by atoms with E-state index in [0.29, 0.717) is 36.1 Å². The maximum absolute atomic E-state index is 12.8. The van der Waals surface area contributed by atoms with E-state index in [1.807, 2.05) is 13.8 Å². The summed E-state index contributed by atoms with van der Waals surface area (Å²) in [6.45, 7) is 4.37. The van der Waals surface area contributed by atoms with E-state index in [9.17, 15) is 14.4 Å². The molecule has 0 atom stereocenters. The second kappa shape index (κ2) is 9.88. The number of benzene rings is 2. The smallest absolute Gasteiger partial charge is 0.294 e. The first-order chi connectivity index (χ1) is 15.8. The molecule has 4 rings (SSSR count). The normalized spacial score (nSPS) is 16.5. The Kier molecular flexibility index (Phi) is 6.94. The van der Waals surface area contributed by atoms with Gasteiger partial charge in [-0.15, -0.1) is 0 Å². The first-order valence-electron chi connectivity index (χ1n) is 10.2. The number of nitrogens with zero attached hydrogens (tertiary/aromatic N) is 1. The summed E-state index contributed by atoms with van der Waals surface area (Å²) in [5.41, 5.74) is 1.21. The molecule has 2 aliphatic rings. The number of nitrogens with one attached hydrogen (secondary N) is 1. The SMILES string of the molecule is CC(C)Oc1ccc(/C=C2\SC(=O)N(CC(=O)Nc3ccc4c(c3)OCCO4)C2=O)cc1Br. The molecule has 10 heteroatoms. The van der Waals surface area contributed by atoms with Crippen molar-refractivity contribution < 1.29 is 28.6 Å². The zero-order valence-electron chi connectivity index (χ0n) is 17.9. The standard InChI is InChI=1S/C23H21BrN2O6S/c1-13(2)32-17-5-3-14(9-16(17)24)10-20-22(28)26(23(29)33-20)12-21(27)25-15-4-6-18-19(11-15)31-8-7-30-18/h3-6,9-11,13H,7-8,12H2,1-2H3,(H,25,27)/b20-10-. The molecule has 0 aliphatic carbocycles. The van der Waals surface area contributed by atoms with Gasteiger partial charge >= 0.3 is 0 Å². The minimum atomic E-state index is -0.513. The van der Waals surface area contributed by atoms with Crippen LogP contribution in [0.5, 0.6) is 17.2 Å². The van der Waals surface area contributed by atoms with Crippen LogP contribution in [0.4, 0.5) is 10.5 Å². The summed E-state index contributed by atoms with van der Waals surface area (Å²) >= 11 is 4.26. The van der Waals surface area contributed by atoms with Crippen LogP contribution in [0.3, 0.4) is 0 Å². The molecule has 0 unspecified atom stereocenters. The molecular weight excluding hydrogens is 512 g/mol. The lowest BCUT2D eigenvalue weighted by Gasteiger charge is -2.19. The van der Waals surface area contributed by atoms with Crippen molar-refractivity contribution in [3.63, 3.8) is 0 Å². The zero-order valence-corrected chi connectivity index (χ0v) is 20.3. The molecular formula is C23H21BrN2O6S. The Balaban J connectivity index is 1.42. The molecule has 2 aliphatic heterocycles. The zero-order chi connectivity index (χ0) is 23.5. The summed E-state index contributed by atoms with van der Waals surface area (Å²) in [6.07, 6.45) is 1.64. The van der Waals surface area contributed by atoms with Gasteiger partial charge in [-0.2, -0.15) is 0 Å². The number of halogens is 1. The number of ether oxygens (including phenoxy) is 3. The molecule has 8 nitrogen and oxygen atoms in total. The van der Waals surface area contributed by atoms with E-state index in [1.54, 1.807) is 42.5 Å². The summed E-state index contributed by atoms with van der Waals surface area (Å²) in [4.78, 5) is 38.8. The van der Waals surface area contributed by atoms with Gasteiger partial charge in [-0.1, -0.05) is 6.07 Å². The van der Waals surface area contributed by atoms with Gasteiger partial charge in [0.25, 0.3) is 11.1 Å². The molecule has 3 amide bonds. The van der Waals surface area contributed by atoms with Gasteiger partial charge in [0.05, 0.1) is 15.5 Å². The van der Waals surface area contributed by atoms with Crippen molar-refractivity contribution in [1.82, 2.24) is 4.90 Å². The summed E-state index contributed by atoms with van der Waals surface area (Å²) in [5, 5.41) is 2.19. The van der Waals surface area contributed by atoms with Gasteiger partial charge in [-0.25, -0.2) is 0 Å². The van der Waals surface area contributed by atoms with Crippen molar-refractivity contribution in [2.75, 3.05) is 25.1 Å². The molecule has 0 bridgehead atoms.